The molecule has 0 radical (unpaired) electrons. The lowest BCUT2D eigenvalue weighted by atomic mass is 10.0. The molecule has 0 unspecified atom stereocenters. The van der Waals surface area contributed by atoms with E-state index >= 15 is 0 Å². The Labute approximate surface area is 210 Å². The zero-order valence-electron chi connectivity index (χ0n) is 23.4. The van der Waals surface area contributed by atoms with Crippen LogP contribution in [0.15, 0.2) is 36.0 Å². The van der Waals surface area contributed by atoms with Gasteiger partial charge in [-0.25, -0.2) is 0 Å². The van der Waals surface area contributed by atoms with Crippen molar-refractivity contribution in [1.82, 2.24) is 0 Å². The molecule has 0 saturated heterocycles. The first kappa shape index (κ1) is 32.2. The zero-order valence-corrected chi connectivity index (χ0v) is 23.4. The molecule has 0 atom stereocenters. The van der Waals surface area contributed by atoms with E-state index in [-0.39, 0.29) is 0 Å². The Bertz CT molecular complexity index is 439. The summed E-state index contributed by atoms with van der Waals surface area (Å²) in [6, 6.07) is 0. The van der Waals surface area contributed by atoms with Crippen molar-refractivity contribution in [2.45, 2.75) is 175 Å². The van der Waals surface area contributed by atoms with E-state index < -0.39 is 0 Å². The fourth-order valence-electron chi connectivity index (χ4n) is 4.44. The van der Waals surface area contributed by atoms with Crippen LogP contribution in [0.4, 0.5) is 0 Å². The Morgan fingerprint density at radius 3 is 1.03 bits per heavy atom. The van der Waals surface area contributed by atoms with Crippen LogP contribution in [0.25, 0.3) is 0 Å². The van der Waals surface area contributed by atoms with E-state index in [1.165, 1.54) is 160 Å². The molecule has 0 bridgehead atoms. The van der Waals surface area contributed by atoms with Gasteiger partial charge in [0.2, 0.25) is 0 Å². The monoisotopic (exact) mass is 458 g/mol. The van der Waals surface area contributed by atoms with Crippen LogP contribution in [0.3, 0.4) is 0 Å². The van der Waals surface area contributed by atoms with Crippen molar-refractivity contribution < 1.29 is 0 Å². The summed E-state index contributed by atoms with van der Waals surface area (Å²) in [5.41, 5.74) is 1.45. The molecule has 0 N–H and O–H groups in total. The van der Waals surface area contributed by atoms with Crippen LogP contribution in [0.2, 0.25) is 0 Å². The van der Waals surface area contributed by atoms with Gasteiger partial charge in [-0.2, -0.15) is 0 Å². The van der Waals surface area contributed by atoms with Gasteiger partial charge in [0.1, 0.15) is 0 Å². The van der Waals surface area contributed by atoms with Crippen LogP contribution in [0, 0.1) is 0 Å². The van der Waals surface area contributed by atoms with Gasteiger partial charge in [-0.3, -0.25) is 0 Å². The molecule has 0 aromatic heterocycles. The third-order valence-corrected chi connectivity index (χ3v) is 6.76. The Morgan fingerprint density at radius 1 is 0.364 bits per heavy atom. The summed E-state index contributed by atoms with van der Waals surface area (Å²) >= 11 is 0. The second-order valence-corrected chi connectivity index (χ2v) is 10.2. The minimum Gasteiger partial charge on any atom is -0.0840 e. The molecule has 0 fully saturated rings. The molecule has 0 heteroatoms. The van der Waals surface area contributed by atoms with Gasteiger partial charge >= 0.3 is 0 Å². The number of hydrogen-bond donors (Lipinski definition) is 0. The first-order valence-electron chi connectivity index (χ1n) is 15.4. The lowest BCUT2D eigenvalue weighted by molar-refractivity contribution is 0.577. The van der Waals surface area contributed by atoms with Crippen LogP contribution >= 0.6 is 0 Å². The maximum atomic E-state index is 2.50. The third-order valence-electron chi connectivity index (χ3n) is 6.76. The predicted octanol–water partition coefficient (Wildman–Crippen LogP) is 12.4. The Balaban J connectivity index is 4.17. The van der Waals surface area contributed by atoms with Gasteiger partial charge in [0, 0.05) is 0 Å². The highest BCUT2D eigenvalue weighted by molar-refractivity contribution is 5.30. The highest BCUT2D eigenvalue weighted by Gasteiger charge is 1.94. The van der Waals surface area contributed by atoms with Crippen molar-refractivity contribution in [3.05, 3.63) is 36.0 Å². The first-order valence-corrected chi connectivity index (χ1v) is 15.4. The molecule has 0 spiro atoms. The van der Waals surface area contributed by atoms with Gasteiger partial charge in [-0.1, -0.05) is 167 Å². The van der Waals surface area contributed by atoms with E-state index in [4.69, 9.17) is 0 Å². The minimum absolute atomic E-state index is 1.24. The Morgan fingerprint density at radius 2 is 0.667 bits per heavy atom. The number of rotatable bonds is 26. The van der Waals surface area contributed by atoms with Crippen LogP contribution in [-0.4, -0.2) is 0 Å². The fraction of sp³-hybridized carbons (Fsp3) is 0.818. The molecule has 0 aromatic carbocycles. The van der Waals surface area contributed by atoms with Crippen molar-refractivity contribution in [2.75, 3.05) is 0 Å². The minimum atomic E-state index is 1.24. The van der Waals surface area contributed by atoms with Gasteiger partial charge < -0.3 is 0 Å². The molecule has 0 rings (SSSR count). The third kappa shape index (κ3) is 27.3. The van der Waals surface area contributed by atoms with Crippen molar-refractivity contribution in [3.63, 3.8) is 0 Å². The lowest BCUT2D eigenvalue weighted by Gasteiger charge is -2.02. The molecule has 194 valence electrons. The van der Waals surface area contributed by atoms with Gasteiger partial charge in [-0.15, -0.1) is 0 Å². The smallest absolute Gasteiger partial charge is 0.0303 e. The molecule has 0 nitrogen and oxygen atoms in total. The average molecular weight is 459 g/mol. The van der Waals surface area contributed by atoms with Crippen molar-refractivity contribution >= 4 is 0 Å². The maximum absolute atomic E-state index is 2.50. The zero-order chi connectivity index (χ0) is 24.1. The maximum Gasteiger partial charge on any atom is -0.0303 e. The summed E-state index contributed by atoms with van der Waals surface area (Å²) in [5, 5.41) is 0. The second-order valence-electron chi connectivity index (χ2n) is 10.2. The number of allylic oxidation sites excluding steroid dienone is 6. The van der Waals surface area contributed by atoms with Gasteiger partial charge in [0.15, 0.2) is 0 Å². The topological polar surface area (TPSA) is 0 Å². The van der Waals surface area contributed by atoms with Gasteiger partial charge in [-0.05, 0) is 44.1 Å². The highest BCUT2D eigenvalue weighted by Crippen LogP contribution is 2.14. The summed E-state index contributed by atoms with van der Waals surface area (Å²) in [6.45, 7) is 6.90. The van der Waals surface area contributed by atoms with E-state index in [1.54, 1.807) is 0 Å². The lowest BCUT2D eigenvalue weighted by Crippen LogP contribution is -1.82. The Hall–Kier alpha value is -0.780. The molecule has 0 aromatic rings. The summed E-state index contributed by atoms with van der Waals surface area (Å²) in [5.74, 6) is 0. The highest BCUT2D eigenvalue weighted by atomic mass is 14.0. The predicted molar refractivity (Wildman–Crippen MR) is 154 cm³/mol. The fourth-order valence-corrected chi connectivity index (χ4v) is 4.44. The van der Waals surface area contributed by atoms with E-state index in [2.05, 4.69) is 51.2 Å². The molecular formula is C33H62. The first-order chi connectivity index (χ1) is 16.3. The number of unbranched alkanes of at least 4 members (excludes halogenated alkanes) is 21. The van der Waals surface area contributed by atoms with Crippen molar-refractivity contribution in [1.29, 1.82) is 0 Å². The molecule has 33 heavy (non-hydrogen) atoms. The second kappa shape index (κ2) is 29.3. The molecule has 0 aliphatic heterocycles. The molecule has 0 aliphatic rings. The van der Waals surface area contributed by atoms with Crippen LogP contribution < -0.4 is 0 Å². The van der Waals surface area contributed by atoms with Gasteiger partial charge in [0.05, 0.1) is 0 Å². The molecule has 0 amide bonds. The molecule has 0 heterocycles. The molecular weight excluding hydrogens is 396 g/mol. The summed E-state index contributed by atoms with van der Waals surface area (Å²) in [7, 11) is 0. The van der Waals surface area contributed by atoms with E-state index in [0.717, 1.165) is 0 Å². The number of hydrogen-bond acceptors (Lipinski definition) is 0. The average Bonchev–Trinajstić information content (AvgIpc) is 2.83. The van der Waals surface area contributed by atoms with Crippen LogP contribution in [0.1, 0.15) is 175 Å². The Kier molecular flexibility index (Phi) is 28.6. The largest absolute Gasteiger partial charge is 0.0840 e. The van der Waals surface area contributed by atoms with Crippen LogP contribution in [-0.2, 0) is 0 Å². The molecule has 0 saturated carbocycles. The van der Waals surface area contributed by atoms with E-state index in [0.29, 0.717) is 0 Å². The van der Waals surface area contributed by atoms with Crippen molar-refractivity contribution in [3.8, 4) is 0 Å². The van der Waals surface area contributed by atoms with Crippen LogP contribution in [0.5, 0.6) is 0 Å². The summed E-state index contributed by atoms with van der Waals surface area (Å²) in [6.07, 6.45) is 45.3. The standard InChI is InChI=1S/C33H62/c1-4-7-10-13-16-19-22-25-28-31-33(30-27-24-21-18-15-12-9-6-3)32-29-26-23-20-17-14-11-8-5-2/h27-28,30-32H,4-26,29H2,1-3H3. The van der Waals surface area contributed by atoms with E-state index in [9.17, 15) is 0 Å². The quantitative estimate of drug-likeness (QED) is 0.0892. The normalized spacial score (nSPS) is 12.5. The van der Waals surface area contributed by atoms with Gasteiger partial charge in [0.25, 0.3) is 0 Å². The molecule has 0 aliphatic carbocycles. The van der Waals surface area contributed by atoms with Crippen molar-refractivity contribution in [2.24, 2.45) is 0 Å². The SMILES string of the molecule is CCCCCCCCC=CC(C=CCCCCCCCCC)=CCCCCCCCCCC. The summed E-state index contributed by atoms with van der Waals surface area (Å²) in [4.78, 5) is 0. The van der Waals surface area contributed by atoms with E-state index in [1.807, 2.05) is 0 Å². The summed E-state index contributed by atoms with van der Waals surface area (Å²) < 4.78 is 0.